The first-order valence-electron chi connectivity index (χ1n) is 11.4. The van der Waals surface area contributed by atoms with Crippen LogP contribution in [0.4, 0.5) is 0 Å². The number of hydrogen-bond acceptors (Lipinski definition) is 2. The first-order chi connectivity index (χ1) is 13.7. The van der Waals surface area contributed by atoms with E-state index in [0.717, 1.165) is 31.0 Å². The van der Waals surface area contributed by atoms with Gasteiger partial charge in [0.05, 0.1) is 0 Å². The minimum absolute atomic E-state index is 0.302. The number of carbonyl (C=O) groups is 1. The molecule has 0 saturated heterocycles. The van der Waals surface area contributed by atoms with E-state index in [1.165, 1.54) is 56.2 Å². The number of imidazole rings is 1. The van der Waals surface area contributed by atoms with Crippen LogP contribution in [0.1, 0.15) is 82.9 Å². The molecule has 3 heteroatoms. The molecule has 1 aromatic carbocycles. The van der Waals surface area contributed by atoms with Gasteiger partial charge in [0.15, 0.2) is 0 Å². The number of nitrogens with zero attached hydrogens (tertiary/aromatic N) is 2. The van der Waals surface area contributed by atoms with E-state index < -0.39 is 0 Å². The van der Waals surface area contributed by atoms with Crippen molar-refractivity contribution in [2.45, 2.75) is 83.6 Å². The summed E-state index contributed by atoms with van der Waals surface area (Å²) in [4.78, 5) is 17.6. The van der Waals surface area contributed by atoms with E-state index >= 15 is 0 Å². The van der Waals surface area contributed by atoms with Gasteiger partial charge in [-0.3, -0.25) is 4.79 Å². The number of hydrogen-bond donors (Lipinski definition) is 0. The van der Waals surface area contributed by atoms with Crippen molar-refractivity contribution in [2.75, 3.05) is 0 Å². The Morgan fingerprint density at radius 1 is 1.00 bits per heavy atom. The molecule has 0 bridgehead atoms. The van der Waals surface area contributed by atoms with Gasteiger partial charge in [0.2, 0.25) is 0 Å². The molecule has 150 valence electrons. The van der Waals surface area contributed by atoms with Gasteiger partial charge in [-0.15, -0.1) is 0 Å². The molecule has 0 radical (unpaired) electrons. The summed E-state index contributed by atoms with van der Waals surface area (Å²) in [6.45, 7) is 2.31. The second-order valence-corrected chi connectivity index (χ2v) is 9.02. The molecule has 0 unspecified atom stereocenters. The minimum atomic E-state index is 0.302. The number of aromatic nitrogens is 2. The highest BCUT2D eigenvalue weighted by Gasteiger charge is 2.26. The molecule has 4 rings (SSSR count). The Morgan fingerprint density at radius 3 is 2.43 bits per heavy atom. The molecule has 0 N–H and O–H groups in total. The molecule has 0 atom stereocenters. The number of aryl methyl sites for hydroxylation is 1. The Balaban J connectivity index is 1.51. The van der Waals surface area contributed by atoms with Crippen molar-refractivity contribution in [3.05, 3.63) is 42.2 Å². The molecule has 2 saturated carbocycles. The normalized spacial score (nSPS) is 23.6. The lowest BCUT2D eigenvalue weighted by Gasteiger charge is -2.27. The fourth-order valence-electron chi connectivity index (χ4n) is 5.17. The summed E-state index contributed by atoms with van der Waals surface area (Å²) in [5, 5.41) is 0. The van der Waals surface area contributed by atoms with Gasteiger partial charge in [-0.1, -0.05) is 69.4 Å². The average Bonchev–Trinajstić information content (AvgIpc) is 3.18. The number of rotatable bonds is 6. The van der Waals surface area contributed by atoms with Gasteiger partial charge in [-0.05, 0) is 38.0 Å². The van der Waals surface area contributed by atoms with Crippen LogP contribution in [0.2, 0.25) is 0 Å². The topological polar surface area (TPSA) is 34.9 Å². The van der Waals surface area contributed by atoms with Crippen LogP contribution in [0.3, 0.4) is 0 Å². The van der Waals surface area contributed by atoms with Crippen LogP contribution in [0.5, 0.6) is 0 Å². The molecule has 3 nitrogen and oxygen atoms in total. The maximum absolute atomic E-state index is 12.8. The minimum Gasteiger partial charge on any atom is -0.325 e. The Bertz CT molecular complexity index is 765. The van der Waals surface area contributed by atoms with Gasteiger partial charge in [0.25, 0.3) is 0 Å². The summed E-state index contributed by atoms with van der Waals surface area (Å²) in [7, 11) is 0. The molecule has 1 heterocycles. The van der Waals surface area contributed by atoms with Crippen molar-refractivity contribution in [1.29, 1.82) is 0 Å². The molecule has 0 spiro atoms. The van der Waals surface area contributed by atoms with E-state index in [2.05, 4.69) is 41.8 Å². The van der Waals surface area contributed by atoms with Gasteiger partial charge >= 0.3 is 0 Å². The average molecular weight is 379 g/mol. The van der Waals surface area contributed by atoms with Crippen LogP contribution in [0, 0.1) is 11.8 Å². The fourth-order valence-corrected chi connectivity index (χ4v) is 5.17. The third-order valence-corrected chi connectivity index (χ3v) is 6.94. The van der Waals surface area contributed by atoms with E-state index in [0.29, 0.717) is 24.2 Å². The monoisotopic (exact) mass is 378 g/mol. The second-order valence-electron chi connectivity index (χ2n) is 9.02. The van der Waals surface area contributed by atoms with Gasteiger partial charge in [0.1, 0.15) is 11.6 Å². The van der Waals surface area contributed by atoms with Gasteiger partial charge in [-0.2, -0.15) is 0 Å². The van der Waals surface area contributed by atoms with Crippen LogP contribution >= 0.6 is 0 Å². The standard InChI is InChI=1S/C25H34N2O/c1-19-12-14-20(15-13-19)24(28)17-16-23-18-26-25(21-8-4-2-5-9-21)27(23)22-10-6-3-7-11-22/h2,4-5,8-9,18-20,22H,3,6-7,10-17H2,1H3. The Morgan fingerprint density at radius 2 is 1.71 bits per heavy atom. The van der Waals surface area contributed by atoms with Crippen LogP contribution < -0.4 is 0 Å². The van der Waals surface area contributed by atoms with Crippen molar-refractivity contribution in [3.63, 3.8) is 0 Å². The van der Waals surface area contributed by atoms with Crippen molar-refractivity contribution >= 4 is 5.78 Å². The lowest BCUT2D eigenvalue weighted by molar-refractivity contribution is -0.124. The van der Waals surface area contributed by atoms with E-state index in [1.54, 1.807) is 0 Å². The number of carbonyl (C=O) groups excluding carboxylic acids is 1. The van der Waals surface area contributed by atoms with Crippen molar-refractivity contribution in [2.24, 2.45) is 11.8 Å². The van der Waals surface area contributed by atoms with Crippen molar-refractivity contribution in [1.82, 2.24) is 9.55 Å². The lowest BCUT2D eigenvalue weighted by Crippen LogP contribution is -2.22. The molecule has 28 heavy (non-hydrogen) atoms. The third-order valence-electron chi connectivity index (χ3n) is 6.94. The molecule has 0 aliphatic heterocycles. The summed E-state index contributed by atoms with van der Waals surface area (Å²) in [5.41, 5.74) is 2.44. The third kappa shape index (κ3) is 4.39. The Hall–Kier alpha value is -1.90. The molecule has 1 aromatic heterocycles. The zero-order chi connectivity index (χ0) is 19.3. The largest absolute Gasteiger partial charge is 0.325 e. The van der Waals surface area contributed by atoms with Crippen LogP contribution in [-0.2, 0) is 11.2 Å². The van der Waals surface area contributed by atoms with E-state index in [1.807, 2.05) is 6.20 Å². The first-order valence-corrected chi connectivity index (χ1v) is 11.4. The smallest absolute Gasteiger partial charge is 0.140 e. The lowest BCUT2D eigenvalue weighted by atomic mass is 9.80. The van der Waals surface area contributed by atoms with E-state index in [9.17, 15) is 4.79 Å². The molecular weight excluding hydrogens is 344 g/mol. The summed E-state index contributed by atoms with van der Waals surface area (Å²) in [6.07, 6.45) is 14.6. The van der Waals surface area contributed by atoms with Crippen LogP contribution in [-0.4, -0.2) is 15.3 Å². The molecule has 2 aromatic rings. The molecule has 2 aliphatic carbocycles. The number of ketones is 1. The number of Topliss-reactive ketones (excluding diaryl/α,β-unsaturated/α-hetero) is 1. The maximum Gasteiger partial charge on any atom is 0.140 e. The predicted molar refractivity (Wildman–Crippen MR) is 114 cm³/mol. The molecular formula is C25H34N2O. The SMILES string of the molecule is CC1CCC(C(=O)CCc2cnc(-c3ccccc3)n2C2CCCCC2)CC1. The van der Waals surface area contributed by atoms with Crippen molar-refractivity contribution in [3.8, 4) is 11.4 Å². The maximum atomic E-state index is 12.8. The van der Waals surface area contributed by atoms with Crippen LogP contribution in [0.15, 0.2) is 36.5 Å². The highest BCUT2D eigenvalue weighted by Crippen LogP contribution is 2.34. The van der Waals surface area contributed by atoms with E-state index in [-0.39, 0.29) is 0 Å². The van der Waals surface area contributed by atoms with Crippen LogP contribution in [0.25, 0.3) is 11.4 Å². The van der Waals surface area contributed by atoms with E-state index in [4.69, 9.17) is 4.98 Å². The Labute approximate surface area is 169 Å². The highest BCUT2D eigenvalue weighted by atomic mass is 16.1. The van der Waals surface area contributed by atoms with Gasteiger partial charge in [0, 0.05) is 35.8 Å². The first kappa shape index (κ1) is 19.4. The number of benzene rings is 1. The summed E-state index contributed by atoms with van der Waals surface area (Å²) < 4.78 is 2.48. The zero-order valence-corrected chi connectivity index (χ0v) is 17.3. The molecule has 2 fully saturated rings. The fraction of sp³-hybridized carbons (Fsp3) is 0.600. The predicted octanol–water partition coefficient (Wildman–Crippen LogP) is 6.38. The Kier molecular flexibility index (Phi) is 6.29. The van der Waals surface area contributed by atoms with Crippen molar-refractivity contribution < 1.29 is 4.79 Å². The second kappa shape index (κ2) is 9.07. The summed E-state index contributed by atoms with van der Waals surface area (Å²) >= 11 is 0. The summed E-state index contributed by atoms with van der Waals surface area (Å²) in [5.74, 6) is 2.66. The molecule has 2 aliphatic rings. The van der Waals surface area contributed by atoms with Gasteiger partial charge < -0.3 is 4.57 Å². The quantitative estimate of drug-likeness (QED) is 0.584. The molecule has 0 amide bonds. The highest BCUT2D eigenvalue weighted by molar-refractivity contribution is 5.81. The summed E-state index contributed by atoms with van der Waals surface area (Å²) in [6, 6.07) is 11.1. The zero-order valence-electron chi connectivity index (χ0n) is 17.3. The van der Waals surface area contributed by atoms with Gasteiger partial charge in [-0.25, -0.2) is 4.98 Å².